The van der Waals surface area contributed by atoms with E-state index in [9.17, 15) is 0 Å². The minimum absolute atomic E-state index is 0.325. The summed E-state index contributed by atoms with van der Waals surface area (Å²) in [4.78, 5) is 12.5. The number of hydrogen-bond donors (Lipinski definition) is 2. The van der Waals surface area contributed by atoms with Gasteiger partial charge < -0.3 is 15.4 Å². The van der Waals surface area contributed by atoms with Crippen molar-refractivity contribution < 1.29 is 4.74 Å². The highest BCUT2D eigenvalue weighted by atomic mass is 16.5. The van der Waals surface area contributed by atoms with E-state index in [0.29, 0.717) is 23.9 Å². The molecule has 6 heteroatoms. The smallest absolute Gasteiger partial charge is 0.322 e. The van der Waals surface area contributed by atoms with E-state index in [0.717, 1.165) is 5.92 Å². The van der Waals surface area contributed by atoms with Gasteiger partial charge in [0.1, 0.15) is 0 Å². The van der Waals surface area contributed by atoms with E-state index in [1.54, 1.807) is 14.2 Å². The van der Waals surface area contributed by atoms with Gasteiger partial charge in [0, 0.05) is 13.1 Å². The van der Waals surface area contributed by atoms with Crippen LogP contribution in [-0.4, -0.2) is 35.2 Å². The van der Waals surface area contributed by atoms with Crippen molar-refractivity contribution >= 4 is 11.9 Å². The largest absolute Gasteiger partial charge is 0.467 e. The van der Waals surface area contributed by atoms with Crippen molar-refractivity contribution in [2.75, 3.05) is 24.8 Å². The normalized spacial score (nSPS) is 16.4. The first-order valence-corrected chi connectivity index (χ1v) is 5.95. The lowest BCUT2D eigenvalue weighted by Gasteiger charge is -2.13. The van der Waals surface area contributed by atoms with Gasteiger partial charge in [-0.25, -0.2) is 0 Å². The van der Waals surface area contributed by atoms with Crippen LogP contribution in [0.5, 0.6) is 6.01 Å². The summed E-state index contributed by atoms with van der Waals surface area (Å²) in [7, 11) is 3.32. The van der Waals surface area contributed by atoms with Crippen molar-refractivity contribution in [1.82, 2.24) is 15.0 Å². The van der Waals surface area contributed by atoms with Gasteiger partial charge in [-0.3, -0.25) is 0 Å². The van der Waals surface area contributed by atoms with Gasteiger partial charge in [-0.15, -0.1) is 0 Å². The Balaban J connectivity index is 2.02. The topological polar surface area (TPSA) is 72.0 Å². The van der Waals surface area contributed by atoms with Gasteiger partial charge in [0.05, 0.1) is 7.11 Å². The summed E-state index contributed by atoms with van der Waals surface area (Å²) >= 11 is 0. The molecule has 1 aromatic heterocycles. The third kappa shape index (κ3) is 3.44. The molecule has 0 saturated heterocycles. The Morgan fingerprint density at radius 3 is 2.59 bits per heavy atom. The maximum Gasteiger partial charge on any atom is 0.322 e. The average molecular weight is 237 g/mol. The molecule has 6 nitrogen and oxygen atoms in total. The fraction of sp³-hybridized carbons (Fsp3) is 0.727. The number of ether oxygens (including phenoxy) is 1. The molecule has 1 unspecified atom stereocenters. The zero-order valence-corrected chi connectivity index (χ0v) is 10.5. The number of methoxy groups -OCH3 is 1. The summed E-state index contributed by atoms with van der Waals surface area (Å²) in [6.45, 7) is 2.15. The molecule has 0 aromatic carbocycles. The molecule has 2 rings (SSSR count). The molecule has 0 radical (unpaired) electrons. The zero-order chi connectivity index (χ0) is 12.3. The Morgan fingerprint density at radius 1 is 1.29 bits per heavy atom. The van der Waals surface area contributed by atoms with E-state index in [1.807, 2.05) is 0 Å². The van der Waals surface area contributed by atoms with Crippen LogP contribution in [0.3, 0.4) is 0 Å². The lowest BCUT2D eigenvalue weighted by Crippen LogP contribution is -2.18. The van der Waals surface area contributed by atoms with E-state index in [-0.39, 0.29) is 0 Å². The maximum absolute atomic E-state index is 5.03. The first kappa shape index (κ1) is 11.9. The molecule has 0 spiro atoms. The lowest BCUT2D eigenvalue weighted by atomic mass is 10.2. The summed E-state index contributed by atoms with van der Waals surface area (Å²) in [5.41, 5.74) is 0. The molecule has 1 aliphatic carbocycles. The fourth-order valence-electron chi connectivity index (χ4n) is 1.76. The minimum atomic E-state index is 0.325. The number of rotatable bonds is 6. The van der Waals surface area contributed by atoms with Crippen LogP contribution in [0.15, 0.2) is 0 Å². The molecular weight excluding hydrogens is 218 g/mol. The molecule has 0 amide bonds. The summed E-state index contributed by atoms with van der Waals surface area (Å²) in [5.74, 6) is 1.96. The first-order valence-electron chi connectivity index (χ1n) is 5.95. The van der Waals surface area contributed by atoms with Crippen molar-refractivity contribution in [3.05, 3.63) is 0 Å². The van der Waals surface area contributed by atoms with Gasteiger partial charge in [-0.2, -0.15) is 15.0 Å². The van der Waals surface area contributed by atoms with Gasteiger partial charge in [0.25, 0.3) is 0 Å². The van der Waals surface area contributed by atoms with E-state index >= 15 is 0 Å². The molecule has 0 aliphatic heterocycles. The van der Waals surface area contributed by atoms with Crippen LogP contribution in [0.4, 0.5) is 11.9 Å². The van der Waals surface area contributed by atoms with Crippen molar-refractivity contribution in [1.29, 1.82) is 0 Å². The molecule has 1 aliphatic rings. The van der Waals surface area contributed by atoms with E-state index in [1.165, 1.54) is 19.3 Å². The fourth-order valence-corrected chi connectivity index (χ4v) is 1.76. The summed E-state index contributed by atoms with van der Waals surface area (Å²) < 4.78 is 5.03. The molecule has 0 bridgehead atoms. The lowest BCUT2D eigenvalue weighted by molar-refractivity contribution is 0.379. The van der Waals surface area contributed by atoms with E-state index in [4.69, 9.17) is 4.74 Å². The van der Waals surface area contributed by atoms with Crippen molar-refractivity contribution in [2.45, 2.75) is 32.2 Å². The first-order chi connectivity index (χ1) is 8.21. The quantitative estimate of drug-likeness (QED) is 0.781. The molecule has 1 heterocycles. The van der Waals surface area contributed by atoms with E-state index in [2.05, 4.69) is 32.5 Å². The van der Waals surface area contributed by atoms with Crippen molar-refractivity contribution in [2.24, 2.45) is 5.92 Å². The molecule has 1 fully saturated rings. The summed E-state index contributed by atoms with van der Waals surface area (Å²) in [6, 6.07) is 0.699. The minimum Gasteiger partial charge on any atom is -0.467 e. The number of anilines is 2. The molecule has 2 N–H and O–H groups in total. The molecule has 1 saturated carbocycles. The molecule has 1 aromatic rings. The standard InChI is InChI=1S/C11H19N5O/c1-7(6-8-4-5-8)13-10-14-9(12-2)15-11(16-10)17-3/h7-8H,4-6H2,1-3H3,(H2,12,13,14,15,16). The Labute approximate surface area is 101 Å². The predicted molar refractivity (Wildman–Crippen MR) is 66.4 cm³/mol. The summed E-state index contributed by atoms with van der Waals surface area (Å²) in [6.07, 6.45) is 3.88. The summed E-state index contributed by atoms with van der Waals surface area (Å²) in [5, 5.41) is 6.17. The number of nitrogens with one attached hydrogen (secondary N) is 2. The molecule has 94 valence electrons. The van der Waals surface area contributed by atoms with Gasteiger partial charge >= 0.3 is 6.01 Å². The third-order valence-corrected chi connectivity index (χ3v) is 2.78. The van der Waals surface area contributed by atoms with Gasteiger partial charge in [0.15, 0.2) is 0 Å². The molecule has 1 atom stereocenters. The zero-order valence-electron chi connectivity index (χ0n) is 10.5. The predicted octanol–water partition coefficient (Wildman–Crippen LogP) is 1.52. The Morgan fingerprint density at radius 2 is 2.00 bits per heavy atom. The van der Waals surface area contributed by atoms with Gasteiger partial charge in [-0.05, 0) is 19.3 Å². The average Bonchev–Trinajstić information content (AvgIpc) is 3.12. The molecule has 17 heavy (non-hydrogen) atoms. The SMILES string of the molecule is CNc1nc(NC(C)CC2CC2)nc(OC)n1. The number of nitrogens with zero attached hydrogens (tertiary/aromatic N) is 3. The monoisotopic (exact) mass is 237 g/mol. The van der Waals surface area contributed by atoms with Gasteiger partial charge in [-0.1, -0.05) is 12.8 Å². The van der Waals surface area contributed by atoms with Crippen LogP contribution < -0.4 is 15.4 Å². The Bertz CT molecular complexity index is 358. The number of aromatic nitrogens is 3. The van der Waals surface area contributed by atoms with Crippen LogP contribution >= 0.6 is 0 Å². The Kier molecular flexibility index (Phi) is 3.61. The van der Waals surface area contributed by atoms with Crippen LogP contribution in [-0.2, 0) is 0 Å². The van der Waals surface area contributed by atoms with Crippen LogP contribution in [0.2, 0.25) is 0 Å². The third-order valence-electron chi connectivity index (χ3n) is 2.78. The van der Waals surface area contributed by atoms with Crippen LogP contribution in [0.1, 0.15) is 26.2 Å². The molecular formula is C11H19N5O. The highest BCUT2D eigenvalue weighted by molar-refractivity contribution is 5.35. The second-order valence-corrected chi connectivity index (χ2v) is 4.44. The van der Waals surface area contributed by atoms with Crippen molar-refractivity contribution in [3.8, 4) is 6.01 Å². The second kappa shape index (κ2) is 5.16. The van der Waals surface area contributed by atoms with Crippen LogP contribution in [0.25, 0.3) is 0 Å². The Hall–Kier alpha value is -1.59. The highest BCUT2D eigenvalue weighted by Crippen LogP contribution is 2.33. The maximum atomic E-state index is 5.03. The second-order valence-electron chi connectivity index (χ2n) is 4.44. The van der Waals surface area contributed by atoms with Crippen LogP contribution in [0, 0.1) is 5.92 Å². The number of hydrogen-bond acceptors (Lipinski definition) is 6. The van der Waals surface area contributed by atoms with Gasteiger partial charge in [0.2, 0.25) is 11.9 Å². The van der Waals surface area contributed by atoms with E-state index < -0.39 is 0 Å². The highest BCUT2D eigenvalue weighted by Gasteiger charge is 2.23. The van der Waals surface area contributed by atoms with Crippen molar-refractivity contribution in [3.63, 3.8) is 0 Å².